The van der Waals surface area contributed by atoms with Crippen LogP contribution in [0.15, 0.2) is 0 Å². The van der Waals surface area contributed by atoms with Crippen LogP contribution in [0.4, 0.5) is 0 Å². The molecule has 2 fully saturated rings. The first-order valence-electron chi connectivity index (χ1n) is 8.82. The molecular weight excluding hydrogens is 262 g/mol. The van der Waals surface area contributed by atoms with Crippen LogP contribution in [0.25, 0.3) is 0 Å². The fraction of sp³-hybridized carbons (Fsp3) is 0.944. The highest BCUT2D eigenvalue weighted by Gasteiger charge is 2.32. The molecule has 0 spiro atoms. The van der Waals surface area contributed by atoms with Gasteiger partial charge < -0.3 is 10.0 Å². The topological polar surface area (TPSA) is 40.5 Å². The van der Waals surface area contributed by atoms with Gasteiger partial charge in [0.15, 0.2) is 0 Å². The summed E-state index contributed by atoms with van der Waals surface area (Å²) in [5.41, 5.74) is 0.433. The van der Waals surface area contributed by atoms with Crippen molar-refractivity contribution >= 4 is 5.97 Å². The van der Waals surface area contributed by atoms with Crippen LogP contribution in [0, 0.1) is 17.3 Å². The summed E-state index contributed by atoms with van der Waals surface area (Å²) < 4.78 is 0. The molecule has 3 heteroatoms. The second kappa shape index (κ2) is 7.13. The Balaban J connectivity index is 1.88. The molecule has 3 nitrogen and oxygen atoms in total. The molecule has 0 bridgehead atoms. The standard InChI is InChI=1S/C18H33NO2/c1-18(2,3)15-7-4-8-16(10-9-15)19-11-5-6-14(13-19)12-17(20)21/h14-16H,4-13H2,1-3H3,(H,20,21). The summed E-state index contributed by atoms with van der Waals surface area (Å²) in [5, 5.41) is 9.01. The van der Waals surface area contributed by atoms with Crippen molar-refractivity contribution in [3.05, 3.63) is 0 Å². The molecule has 0 aromatic heterocycles. The number of nitrogens with zero attached hydrogens (tertiary/aromatic N) is 1. The lowest BCUT2D eigenvalue weighted by Crippen LogP contribution is -2.43. The van der Waals surface area contributed by atoms with E-state index in [-0.39, 0.29) is 0 Å². The molecule has 3 unspecified atom stereocenters. The molecule has 1 saturated carbocycles. The van der Waals surface area contributed by atoms with Crippen molar-refractivity contribution < 1.29 is 9.90 Å². The molecular formula is C18H33NO2. The lowest BCUT2D eigenvalue weighted by Gasteiger charge is -2.38. The van der Waals surface area contributed by atoms with Crippen molar-refractivity contribution in [1.29, 1.82) is 0 Å². The zero-order valence-electron chi connectivity index (χ0n) is 14.1. The zero-order valence-corrected chi connectivity index (χ0v) is 14.1. The SMILES string of the molecule is CC(C)(C)C1CCCC(N2CCCC(CC(=O)O)C2)CC1. The first kappa shape index (κ1) is 16.8. The summed E-state index contributed by atoms with van der Waals surface area (Å²) in [5.74, 6) is 0.593. The van der Waals surface area contributed by atoms with Gasteiger partial charge in [-0.2, -0.15) is 0 Å². The van der Waals surface area contributed by atoms with Crippen LogP contribution in [0.3, 0.4) is 0 Å². The van der Waals surface area contributed by atoms with Gasteiger partial charge >= 0.3 is 5.97 Å². The number of hydrogen-bond acceptors (Lipinski definition) is 2. The predicted molar refractivity (Wildman–Crippen MR) is 86.4 cm³/mol. The average Bonchev–Trinajstić information content (AvgIpc) is 2.63. The molecule has 1 heterocycles. The Bertz CT molecular complexity index is 348. The summed E-state index contributed by atoms with van der Waals surface area (Å²) in [7, 11) is 0. The first-order valence-corrected chi connectivity index (χ1v) is 8.82. The molecule has 122 valence electrons. The largest absolute Gasteiger partial charge is 0.481 e. The molecule has 0 amide bonds. The van der Waals surface area contributed by atoms with Gasteiger partial charge in [0.2, 0.25) is 0 Å². The van der Waals surface area contributed by atoms with E-state index in [0.29, 0.717) is 23.8 Å². The lowest BCUT2D eigenvalue weighted by molar-refractivity contribution is -0.138. The molecule has 0 aromatic carbocycles. The van der Waals surface area contributed by atoms with E-state index in [1.54, 1.807) is 0 Å². The highest BCUT2D eigenvalue weighted by atomic mass is 16.4. The maximum Gasteiger partial charge on any atom is 0.303 e. The fourth-order valence-corrected chi connectivity index (χ4v) is 4.36. The Hall–Kier alpha value is -0.570. The number of likely N-dealkylation sites (tertiary alicyclic amines) is 1. The second-order valence-electron chi connectivity index (χ2n) is 8.33. The average molecular weight is 295 g/mol. The Kier molecular flexibility index (Phi) is 5.70. The summed E-state index contributed by atoms with van der Waals surface area (Å²) >= 11 is 0. The predicted octanol–water partition coefficient (Wildman–Crippen LogP) is 4.17. The van der Waals surface area contributed by atoms with Gasteiger partial charge in [0.1, 0.15) is 0 Å². The van der Waals surface area contributed by atoms with Gasteiger partial charge in [0.05, 0.1) is 0 Å². The number of carboxylic acid groups (broad SMARTS) is 1. The third-order valence-corrected chi connectivity index (χ3v) is 5.69. The van der Waals surface area contributed by atoms with Crippen molar-refractivity contribution in [2.75, 3.05) is 13.1 Å². The third kappa shape index (κ3) is 4.98. The second-order valence-corrected chi connectivity index (χ2v) is 8.33. The van der Waals surface area contributed by atoms with Gasteiger partial charge in [-0.25, -0.2) is 0 Å². The molecule has 21 heavy (non-hydrogen) atoms. The molecule has 1 aliphatic heterocycles. The van der Waals surface area contributed by atoms with E-state index in [2.05, 4.69) is 25.7 Å². The quantitative estimate of drug-likeness (QED) is 0.794. The van der Waals surface area contributed by atoms with Gasteiger partial charge in [0, 0.05) is 19.0 Å². The number of carboxylic acids is 1. The smallest absolute Gasteiger partial charge is 0.303 e. The Morgan fingerprint density at radius 1 is 1.10 bits per heavy atom. The monoisotopic (exact) mass is 295 g/mol. The van der Waals surface area contributed by atoms with Gasteiger partial charge in [-0.05, 0) is 62.3 Å². The van der Waals surface area contributed by atoms with E-state index < -0.39 is 5.97 Å². The number of piperidine rings is 1. The van der Waals surface area contributed by atoms with Crippen molar-refractivity contribution in [3.8, 4) is 0 Å². The van der Waals surface area contributed by atoms with Crippen LogP contribution in [0.5, 0.6) is 0 Å². The van der Waals surface area contributed by atoms with Crippen molar-refractivity contribution in [2.24, 2.45) is 17.3 Å². The van der Waals surface area contributed by atoms with Gasteiger partial charge in [-0.15, -0.1) is 0 Å². The summed E-state index contributed by atoms with van der Waals surface area (Å²) in [4.78, 5) is 13.6. The Morgan fingerprint density at radius 2 is 1.86 bits per heavy atom. The fourth-order valence-electron chi connectivity index (χ4n) is 4.36. The first-order chi connectivity index (χ1) is 9.86. The van der Waals surface area contributed by atoms with Crippen LogP contribution in [-0.4, -0.2) is 35.1 Å². The van der Waals surface area contributed by atoms with Crippen molar-refractivity contribution in [3.63, 3.8) is 0 Å². The highest BCUT2D eigenvalue weighted by Crippen LogP contribution is 2.38. The van der Waals surface area contributed by atoms with E-state index in [1.807, 2.05) is 0 Å². The molecule has 0 aromatic rings. The molecule has 2 rings (SSSR count). The maximum absolute atomic E-state index is 10.9. The van der Waals surface area contributed by atoms with Gasteiger partial charge in [-0.3, -0.25) is 4.79 Å². The van der Waals surface area contributed by atoms with E-state index >= 15 is 0 Å². The lowest BCUT2D eigenvalue weighted by atomic mass is 9.76. The van der Waals surface area contributed by atoms with E-state index in [1.165, 1.54) is 45.1 Å². The van der Waals surface area contributed by atoms with Crippen LogP contribution in [0.2, 0.25) is 0 Å². The number of aliphatic carboxylic acids is 1. The van der Waals surface area contributed by atoms with Crippen molar-refractivity contribution in [2.45, 2.75) is 78.2 Å². The molecule has 1 aliphatic carbocycles. The van der Waals surface area contributed by atoms with Crippen LogP contribution >= 0.6 is 0 Å². The van der Waals surface area contributed by atoms with Crippen LogP contribution in [0.1, 0.15) is 72.1 Å². The third-order valence-electron chi connectivity index (χ3n) is 5.69. The molecule has 0 radical (unpaired) electrons. The highest BCUT2D eigenvalue weighted by molar-refractivity contribution is 5.67. The van der Waals surface area contributed by atoms with Crippen molar-refractivity contribution in [1.82, 2.24) is 4.90 Å². The summed E-state index contributed by atoms with van der Waals surface area (Å²) in [6.45, 7) is 9.32. The number of carbonyl (C=O) groups is 1. The van der Waals surface area contributed by atoms with Crippen LogP contribution in [-0.2, 0) is 4.79 Å². The number of hydrogen-bond donors (Lipinski definition) is 1. The van der Waals surface area contributed by atoms with E-state index in [9.17, 15) is 4.79 Å². The minimum Gasteiger partial charge on any atom is -0.481 e. The zero-order chi connectivity index (χ0) is 15.5. The molecule has 3 atom stereocenters. The van der Waals surface area contributed by atoms with Crippen LogP contribution < -0.4 is 0 Å². The maximum atomic E-state index is 10.9. The molecule has 1 N–H and O–H groups in total. The molecule has 1 saturated heterocycles. The normalized spacial score (nSPS) is 32.6. The summed E-state index contributed by atoms with van der Waals surface area (Å²) in [6.07, 6.45) is 9.30. The Labute approximate surface area is 130 Å². The minimum absolute atomic E-state index is 0.355. The Morgan fingerprint density at radius 3 is 2.52 bits per heavy atom. The van der Waals surface area contributed by atoms with Gasteiger partial charge in [-0.1, -0.05) is 27.2 Å². The van der Waals surface area contributed by atoms with Gasteiger partial charge in [0.25, 0.3) is 0 Å². The van der Waals surface area contributed by atoms with E-state index in [4.69, 9.17) is 5.11 Å². The molecule has 2 aliphatic rings. The summed E-state index contributed by atoms with van der Waals surface area (Å²) in [6, 6.07) is 0.703. The number of rotatable bonds is 3. The van der Waals surface area contributed by atoms with E-state index in [0.717, 1.165) is 18.9 Å². The minimum atomic E-state index is -0.629.